The molecule has 23 heavy (non-hydrogen) atoms. The van der Waals surface area contributed by atoms with Gasteiger partial charge in [0, 0.05) is 17.9 Å². The molecule has 3 aromatic rings. The number of nitrogens with one attached hydrogen (secondary N) is 1. The molecule has 0 bridgehead atoms. The predicted octanol–water partition coefficient (Wildman–Crippen LogP) is 3.91. The van der Waals surface area contributed by atoms with Crippen LogP contribution in [0.25, 0.3) is 0 Å². The lowest BCUT2D eigenvalue weighted by Gasteiger charge is -2.21. The standard InChI is InChI=1S/C17H16FN5/c1-2-23(15-9-4-3-5-10-15)16-12-19-22-17(21-16)20-14-8-6-7-13(18)11-14/h3-12H,2H2,1H3,(H,20,21,22). The van der Waals surface area contributed by atoms with Gasteiger partial charge in [0.05, 0.1) is 6.20 Å². The summed E-state index contributed by atoms with van der Waals surface area (Å²) in [6.45, 7) is 2.77. The van der Waals surface area contributed by atoms with Gasteiger partial charge >= 0.3 is 0 Å². The second kappa shape index (κ2) is 6.83. The monoisotopic (exact) mass is 309 g/mol. The van der Waals surface area contributed by atoms with Gasteiger partial charge in [0.1, 0.15) is 5.82 Å². The molecule has 0 saturated heterocycles. The zero-order chi connectivity index (χ0) is 16.1. The molecular formula is C17H16FN5. The van der Waals surface area contributed by atoms with Crippen LogP contribution in [0.2, 0.25) is 0 Å². The molecule has 0 fully saturated rings. The molecule has 116 valence electrons. The van der Waals surface area contributed by atoms with Gasteiger partial charge in [0.25, 0.3) is 0 Å². The molecule has 1 N–H and O–H groups in total. The largest absolute Gasteiger partial charge is 0.325 e. The Hall–Kier alpha value is -3.02. The van der Waals surface area contributed by atoms with Crippen molar-refractivity contribution in [1.29, 1.82) is 0 Å². The van der Waals surface area contributed by atoms with E-state index in [9.17, 15) is 4.39 Å². The van der Waals surface area contributed by atoms with E-state index in [0.717, 1.165) is 12.2 Å². The van der Waals surface area contributed by atoms with Crippen LogP contribution in [0.5, 0.6) is 0 Å². The first kappa shape index (κ1) is 14.9. The first-order valence-electron chi connectivity index (χ1n) is 7.31. The molecule has 6 heteroatoms. The number of aromatic nitrogens is 3. The van der Waals surface area contributed by atoms with Crippen LogP contribution in [-0.4, -0.2) is 21.7 Å². The Bertz CT molecular complexity index is 779. The third-order valence-electron chi connectivity index (χ3n) is 3.29. The van der Waals surface area contributed by atoms with Crippen molar-refractivity contribution < 1.29 is 4.39 Å². The van der Waals surface area contributed by atoms with Gasteiger partial charge in [-0.1, -0.05) is 24.3 Å². The summed E-state index contributed by atoms with van der Waals surface area (Å²) in [5.74, 6) is 0.675. The van der Waals surface area contributed by atoms with Gasteiger partial charge < -0.3 is 10.2 Å². The highest BCUT2D eigenvalue weighted by molar-refractivity contribution is 5.61. The van der Waals surface area contributed by atoms with Crippen LogP contribution in [0, 0.1) is 5.82 Å². The second-order valence-corrected chi connectivity index (χ2v) is 4.85. The smallest absolute Gasteiger partial charge is 0.249 e. The molecule has 0 aliphatic heterocycles. The number of halogens is 1. The molecule has 0 unspecified atom stereocenters. The molecule has 5 nitrogen and oxygen atoms in total. The van der Waals surface area contributed by atoms with Crippen LogP contribution >= 0.6 is 0 Å². The highest BCUT2D eigenvalue weighted by Gasteiger charge is 2.10. The number of rotatable bonds is 5. The maximum Gasteiger partial charge on any atom is 0.249 e. The fourth-order valence-electron chi connectivity index (χ4n) is 2.26. The van der Waals surface area contributed by atoms with Crippen LogP contribution in [0.3, 0.4) is 0 Å². The minimum atomic E-state index is -0.321. The number of benzene rings is 2. The highest BCUT2D eigenvalue weighted by Crippen LogP contribution is 2.23. The van der Waals surface area contributed by atoms with Crippen LogP contribution in [0.4, 0.5) is 27.5 Å². The van der Waals surface area contributed by atoms with Crippen molar-refractivity contribution in [2.45, 2.75) is 6.92 Å². The molecule has 3 rings (SSSR count). The molecule has 0 spiro atoms. The molecule has 0 atom stereocenters. The first-order valence-corrected chi connectivity index (χ1v) is 7.31. The fraction of sp³-hybridized carbons (Fsp3) is 0.118. The van der Waals surface area contributed by atoms with Crippen LogP contribution in [0.15, 0.2) is 60.8 Å². The normalized spacial score (nSPS) is 10.3. The summed E-state index contributed by atoms with van der Waals surface area (Å²) in [5, 5.41) is 10.9. The Morgan fingerprint density at radius 2 is 1.91 bits per heavy atom. The van der Waals surface area contributed by atoms with Gasteiger partial charge in [0.15, 0.2) is 5.82 Å². The quantitative estimate of drug-likeness (QED) is 0.774. The number of hydrogen-bond acceptors (Lipinski definition) is 5. The van der Waals surface area contributed by atoms with Gasteiger partial charge in [0.2, 0.25) is 5.95 Å². The van der Waals surface area contributed by atoms with Crippen LogP contribution < -0.4 is 10.2 Å². The molecule has 0 aliphatic rings. The summed E-state index contributed by atoms with van der Waals surface area (Å²) in [6.07, 6.45) is 1.60. The summed E-state index contributed by atoms with van der Waals surface area (Å²) in [5.41, 5.74) is 1.60. The van der Waals surface area contributed by atoms with E-state index in [-0.39, 0.29) is 5.82 Å². The summed E-state index contributed by atoms with van der Waals surface area (Å²) in [4.78, 5) is 6.48. The topological polar surface area (TPSA) is 53.9 Å². The maximum atomic E-state index is 13.2. The van der Waals surface area contributed by atoms with E-state index in [4.69, 9.17) is 0 Å². The van der Waals surface area contributed by atoms with E-state index >= 15 is 0 Å². The second-order valence-electron chi connectivity index (χ2n) is 4.85. The number of anilines is 4. The molecule has 0 amide bonds. The van der Waals surface area contributed by atoms with Crippen molar-refractivity contribution >= 4 is 23.1 Å². The van der Waals surface area contributed by atoms with Gasteiger partial charge in [-0.15, -0.1) is 5.10 Å². The molecular weight excluding hydrogens is 293 g/mol. The highest BCUT2D eigenvalue weighted by atomic mass is 19.1. The van der Waals surface area contributed by atoms with E-state index in [1.807, 2.05) is 42.2 Å². The summed E-state index contributed by atoms with van der Waals surface area (Å²) in [7, 11) is 0. The van der Waals surface area contributed by atoms with Crippen molar-refractivity contribution in [3.8, 4) is 0 Å². The van der Waals surface area contributed by atoms with Gasteiger partial charge in [-0.05, 0) is 37.3 Å². The number of para-hydroxylation sites is 1. The van der Waals surface area contributed by atoms with E-state index in [0.29, 0.717) is 17.5 Å². The van der Waals surface area contributed by atoms with E-state index in [2.05, 4.69) is 20.5 Å². The SMILES string of the molecule is CCN(c1ccccc1)c1cnnc(Nc2cccc(F)c2)n1. The summed E-state index contributed by atoms with van der Waals surface area (Å²) < 4.78 is 13.2. The van der Waals surface area contributed by atoms with Gasteiger partial charge in [-0.2, -0.15) is 10.1 Å². The van der Waals surface area contributed by atoms with Gasteiger partial charge in [-0.25, -0.2) is 4.39 Å². The number of hydrogen-bond donors (Lipinski definition) is 1. The molecule has 0 saturated carbocycles. The van der Waals surface area contributed by atoms with Gasteiger partial charge in [-0.3, -0.25) is 0 Å². The predicted molar refractivity (Wildman–Crippen MR) is 88.6 cm³/mol. The Kier molecular flexibility index (Phi) is 4.42. The van der Waals surface area contributed by atoms with Crippen molar-refractivity contribution in [1.82, 2.24) is 15.2 Å². The minimum Gasteiger partial charge on any atom is -0.325 e. The molecule has 0 aliphatic carbocycles. The molecule has 1 heterocycles. The average molecular weight is 309 g/mol. The van der Waals surface area contributed by atoms with Crippen molar-refractivity contribution in [3.05, 3.63) is 66.6 Å². The van der Waals surface area contributed by atoms with Crippen molar-refractivity contribution in [2.24, 2.45) is 0 Å². The maximum absolute atomic E-state index is 13.2. The Morgan fingerprint density at radius 3 is 2.65 bits per heavy atom. The van der Waals surface area contributed by atoms with E-state index in [1.54, 1.807) is 18.3 Å². The average Bonchev–Trinajstić information content (AvgIpc) is 2.57. The van der Waals surface area contributed by atoms with Crippen molar-refractivity contribution in [3.63, 3.8) is 0 Å². The fourth-order valence-corrected chi connectivity index (χ4v) is 2.26. The van der Waals surface area contributed by atoms with Crippen LogP contribution in [-0.2, 0) is 0 Å². The zero-order valence-corrected chi connectivity index (χ0v) is 12.6. The summed E-state index contributed by atoms with van der Waals surface area (Å²) >= 11 is 0. The third kappa shape index (κ3) is 3.60. The minimum absolute atomic E-state index is 0.321. The third-order valence-corrected chi connectivity index (χ3v) is 3.29. The lowest BCUT2D eigenvalue weighted by molar-refractivity contribution is 0.628. The Morgan fingerprint density at radius 1 is 1.09 bits per heavy atom. The zero-order valence-electron chi connectivity index (χ0n) is 12.6. The molecule has 1 aromatic heterocycles. The van der Waals surface area contributed by atoms with Crippen LogP contribution in [0.1, 0.15) is 6.92 Å². The Balaban J connectivity index is 1.87. The number of nitrogens with zero attached hydrogens (tertiary/aromatic N) is 4. The molecule has 0 radical (unpaired) electrons. The Labute approximate surface area is 133 Å². The van der Waals surface area contributed by atoms with Crippen molar-refractivity contribution in [2.75, 3.05) is 16.8 Å². The lowest BCUT2D eigenvalue weighted by Crippen LogP contribution is -2.18. The first-order chi connectivity index (χ1) is 11.3. The van der Waals surface area contributed by atoms with E-state index < -0.39 is 0 Å². The van der Waals surface area contributed by atoms with E-state index in [1.165, 1.54) is 12.1 Å². The molecule has 2 aromatic carbocycles. The summed E-state index contributed by atoms with van der Waals surface area (Å²) in [6, 6.07) is 16.0. The lowest BCUT2D eigenvalue weighted by atomic mass is 10.3.